The zero-order valence-corrected chi connectivity index (χ0v) is 62.8. The molecule has 0 aromatic heterocycles. The molecule has 0 unspecified atom stereocenters. The summed E-state index contributed by atoms with van der Waals surface area (Å²) in [6, 6.07) is 8.48. The SMILES string of the molecule is C#C[Si](C)(C)C.CCCCCCCCCCOc1cc(C#C[Si](C)(C)C)c(OCCCCCCCCCC)cc1C#C[Si](C)(C)C.CCCCCCCCCCOc1cc(I)c(OCCCCCCCCCC)cc1I.[Cu][I]. The Morgan fingerprint density at radius 2 is 0.551 bits per heavy atom. The topological polar surface area (TPSA) is 36.9 Å². The monoisotopic (exact) mass is 1510 g/mol. The van der Waals surface area contributed by atoms with Crippen LogP contribution >= 0.6 is 65.5 Å². The fraction of sp³-hybridized carbons (Fsp3) is 0.731. The van der Waals surface area contributed by atoms with Crippen molar-refractivity contribution in [1.29, 1.82) is 0 Å². The molecule has 0 fully saturated rings. The number of unbranched alkanes of at least 4 members (excludes halogenated alkanes) is 28. The Kier molecular flexibility index (Phi) is 54.6. The molecule has 0 saturated heterocycles. The van der Waals surface area contributed by atoms with Crippen LogP contribution in [0.4, 0.5) is 0 Å². The van der Waals surface area contributed by atoms with Gasteiger partial charge in [0.25, 0.3) is 0 Å². The van der Waals surface area contributed by atoms with Crippen molar-refractivity contribution in [3.05, 3.63) is 42.5 Å². The summed E-state index contributed by atoms with van der Waals surface area (Å²) in [7, 11) is -4.16. The van der Waals surface area contributed by atoms with Crippen LogP contribution in [0.1, 0.15) is 244 Å². The van der Waals surface area contributed by atoms with Gasteiger partial charge in [-0.15, -0.1) is 23.1 Å². The summed E-state index contributed by atoms with van der Waals surface area (Å²) >= 11 is 10.6. The van der Waals surface area contributed by atoms with Gasteiger partial charge in [0, 0.05) is 12.1 Å². The summed E-state index contributed by atoms with van der Waals surface area (Å²) in [6.07, 6.45) is 47.2. The average Bonchev–Trinajstić information content (AvgIpc) is 3.40. The van der Waals surface area contributed by atoms with E-state index < -0.39 is 24.2 Å². The maximum absolute atomic E-state index is 6.37. The molecule has 0 amide bonds. The van der Waals surface area contributed by atoms with Crippen LogP contribution in [-0.4, -0.2) is 50.6 Å². The van der Waals surface area contributed by atoms with Crippen molar-refractivity contribution in [3.8, 4) is 57.9 Å². The van der Waals surface area contributed by atoms with Crippen LogP contribution < -0.4 is 18.9 Å². The second kappa shape index (κ2) is 53.4. The molecule has 0 aliphatic rings. The summed E-state index contributed by atoms with van der Waals surface area (Å²) in [5.41, 5.74) is 11.7. The van der Waals surface area contributed by atoms with E-state index in [1.807, 2.05) is 0 Å². The first kappa shape index (κ1) is 79.7. The van der Waals surface area contributed by atoms with Gasteiger partial charge in [-0.05, 0) is 83.0 Å². The first-order chi connectivity index (χ1) is 37.3. The Morgan fingerprint density at radius 3 is 0.756 bits per heavy atom. The number of hydrogen-bond acceptors (Lipinski definition) is 4. The summed E-state index contributed by atoms with van der Waals surface area (Å²) in [5, 5.41) is 0. The molecule has 78 heavy (non-hydrogen) atoms. The third kappa shape index (κ3) is 51.3. The number of rotatable bonds is 40. The van der Waals surface area contributed by atoms with Gasteiger partial charge in [0.15, 0.2) is 0 Å². The van der Waals surface area contributed by atoms with Gasteiger partial charge in [0.05, 0.1) is 44.7 Å². The van der Waals surface area contributed by atoms with Crippen LogP contribution in [0.15, 0.2) is 24.3 Å². The van der Waals surface area contributed by atoms with Gasteiger partial charge in [0.2, 0.25) is 0 Å². The number of terminal acetylenes is 1. The molecule has 0 atom stereocenters. The molecule has 0 aliphatic carbocycles. The van der Waals surface area contributed by atoms with Gasteiger partial charge in [0.1, 0.15) is 47.2 Å². The van der Waals surface area contributed by atoms with Crippen molar-refractivity contribution in [2.75, 3.05) is 26.4 Å². The Balaban J connectivity index is 0. The summed E-state index contributed by atoms with van der Waals surface area (Å²) < 4.78 is 27.1. The molecule has 0 heterocycles. The van der Waals surface area contributed by atoms with Crippen LogP contribution in [0.2, 0.25) is 58.9 Å². The van der Waals surface area contributed by atoms with Crippen molar-refractivity contribution in [1.82, 2.24) is 0 Å². The molecule has 0 saturated carbocycles. The van der Waals surface area contributed by atoms with Crippen LogP contribution in [-0.2, 0) is 12.8 Å². The van der Waals surface area contributed by atoms with Gasteiger partial charge in [-0.2, -0.15) is 0 Å². The van der Waals surface area contributed by atoms with Crippen molar-refractivity contribution in [2.45, 2.75) is 292 Å². The second-order valence-electron chi connectivity index (χ2n) is 24.2. The average molecular weight is 1510 g/mol. The third-order valence-corrected chi connectivity index (χ3v) is 17.0. The molecule has 0 spiro atoms. The molecule has 452 valence electrons. The number of benzene rings is 2. The van der Waals surface area contributed by atoms with E-state index in [1.54, 1.807) is 20.3 Å². The van der Waals surface area contributed by atoms with Crippen LogP contribution in [0.3, 0.4) is 0 Å². The Hall–Kier alpha value is -0.320. The van der Waals surface area contributed by atoms with Crippen molar-refractivity contribution < 1.29 is 31.7 Å². The fourth-order valence-corrected chi connectivity index (χ4v) is 10.1. The van der Waals surface area contributed by atoms with E-state index in [0.717, 1.165) is 93.4 Å². The zero-order valence-electron chi connectivity index (χ0n) is 52.4. The number of ether oxygens (including phenoxy) is 4. The summed E-state index contributed by atoms with van der Waals surface area (Å²) in [6.45, 7) is 32.4. The van der Waals surface area contributed by atoms with E-state index in [1.165, 1.54) is 180 Å². The van der Waals surface area contributed by atoms with Crippen molar-refractivity contribution in [3.63, 3.8) is 0 Å². The van der Waals surface area contributed by atoms with Gasteiger partial charge in [-0.3, -0.25) is 0 Å². The molecule has 0 radical (unpaired) electrons. The number of hydrogen-bond donors (Lipinski definition) is 0. The van der Waals surface area contributed by atoms with Crippen LogP contribution in [0, 0.1) is 42.0 Å². The molecule has 11 heteroatoms. The van der Waals surface area contributed by atoms with Gasteiger partial charge < -0.3 is 18.9 Å². The Morgan fingerprint density at radius 1 is 0.346 bits per heavy atom. The van der Waals surface area contributed by atoms with E-state index >= 15 is 0 Å². The first-order valence-corrected chi connectivity index (χ1v) is 46.8. The van der Waals surface area contributed by atoms with E-state index in [-0.39, 0.29) is 0 Å². The quantitative estimate of drug-likeness (QED) is 0.0288. The van der Waals surface area contributed by atoms with Crippen molar-refractivity contribution >= 4 is 89.7 Å². The van der Waals surface area contributed by atoms with Crippen LogP contribution in [0.25, 0.3) is 0 Å². The van der Waals surface area contributed by atoms with E-state index in [0.29, 0.717) is 0 Å². The summed E-state index contributed by atoms with van der Waals surface area (Å²) in [5.74, 6) is 10.7. The van der Waals surface area contributed by atoms with Gasteiger partial charge >= 0.3 is 33.1 Å². The first-order valence-electron chi connectivity index (χ1n) is 31.1. The predicted octanol–water partition coefficient (Wildman–Crippen LogP) is 23.5. The third-order valence-electron chi connectivity index (χ3n) is 12.7. The normalized spacial score (nSPS) is 11.0. The molecule has 2 aromatic rings. The number of halogens is 3. The van der Waals surface area contributed by atoms with E-state index in [4.69, 9.17) is 25.4 Å². The standard InChI is InChI=1S/C36H62O2Si2.C26H44I2O2.C5H10Si.Cu.HI/c1-9-11-13-15-17-19-21-23-27-37-35-31-34(26-30-40(6,7)8)36(32-33(35)25-29-39(3,4)5)38-28-24-22-20-18-16-14-12-10-2;1-3-5-7-9-11-13-15-17-19-29-25-21-24(28)26(22-23(25)27)30-20-18-16-14-12-10-8-6-4-2;1-5-6(2,3)4;;/h31-32H,9-24,27-28H2,1-8H3;21-22H,3-20H2,1-2H3;1H,2-4H3;;1H/q;;;+1;/p-1. The molecule has 2 rings (SSSR count). The predicted molar refractivity (Wildman–Crippen MR) is 377 cm³/mol. The molecular weight excluding hydrogens is 1400 g/mol. The minimum atomic E-state index is -1.53. The molecule has 0 N–H and O–H groups in total. The van der Waals surface area contributed by atoms with Gasteiger partial charge in [-0.1, -0.05) is 278 Å². The molecule has 2 aromatic carbocycles. The Bertz CT molecular complexity index is 1790. The van der Waals surface area contributed by atoms with Crippen molar-refractivity contribution in [2.24, 2.45) is 0 Å². The summed E-state index contributed by atoms with van der Waals surface area (Å²) in [4.78, 5) is 0. The van der Waals surface area contributed by atoms with E-state index in [2.05, 4.69) is 197 Å². The van der Waals surface area contributed by atoms with E-state index in [9.17, 15) is 0 Å². The maximum atomic E-state index is 6.37. The molecular formula is C67H116CuI3O4Si3. The molecule has 0 aliphatic heterocycles. The Labute approximate surface area is 534 Å². The molecule has 0 bridgehead atoms. The van der Waals surface area contributed by atoms with Gasteiger partial charge in [-0.25, -0.2) is 0 Å². The fourth-order valence-electron chi connectivity index (χ4n) is 7.91. The van der Waals surface area contributed by atoms with Crippen LogP contribution in [0.5, 0.6) is 23.0 Å². The second-order valence-corrected chi connectivity index (χ2v) is 40.9. The minimum absolute atomic E-state index is 0.732. The molecule has 4 nitrogen and oxygen atoms in total. The zero-order chi connectivity index (χ0) is 58.8.